The van der Waals surface area contributed by atoms with Crippen LogP contribution in [0.4, 0.5) is 4.39 Å². The lowest BCUT2D eigenvalue weighted by Gasteiger charge is -2.29. The Morgan fingerprint density at radius 3 is 2.55 bits per heavy atom. The highest BCUT2D eigenvalue weighted by Crippen LogP contribution is 2.28. The van der Waals surface area contributed by atoms with Gasteiger partial charge >= 0.3 is 0 Å². The van der Waals surface area contributed by atoms with Gasteiger partial charge in [0.2, 0.25) is 5.91 Å². The van der Waals surface area contributed by atoms with Crippen molar-refractivity contribution < 1.29 is 18.7 Å². The zero-order valence-electron chi connectivity index (χ0n) is 15.7. The zero-order valence-corrected chi connectivity index (χ0v) is 16.5. The van der Waals surface area contributed by atoms with Crippen molar-refractivity contribution in [1.29, 1.82) is 0 Å². The number of nitrogens with one attached hydrogen (secondary N) is 1. The Kier molecular flexibility index (Phi) is 6.23. The largest absolute Gasteiger partial charge is 0.489 e. The lowest BCUT2D eigenvalue weighted by Crippen LogP contribution is -2.55. The lowest BCUT2D eigenvalue weighted by atomic mass is 9.90. The van der Waals surface area contributed by atoms with Crippen LogP contribution in [0.5, 0.6) is 5.75 Å². The van der Waals surface area contributed by atoms with Crippen molar-refractivity contribution >= 4 is 23.2 Å². The second-order valence-corrected chi connectivity index (χ2v) is 7.42. The average Bonchev–Trinajstić information content (AvgIpc) is 3.22. The third-order valence-corrected chi connectivity index (χ3v) is 5.23. The van der Waals surface area contributed by atoms with Crippen molar-refractivity contribution in [2.24, 2.45) is 5.73 Å². The van der Waals surface area contributed by atoms with Gasteiger partial charge in [0.15, 0.2) is 5.54 Å². The number of thiazole rings is 1. The third-order valence-electron chi connectivity index (χ3n) is 4.29. The van der Waals surface area contributed by atoms with E-state index in [9.17, 15) is 14.0 Å². The molecule has 29 heavy (non-hydrogen) atoms. The topological polar surface area (TPSA) is 94.3 Å². The Bertz CT molecular complexity index is 993. The van der Waals surface area contributed by atoms with Crippen molar-refractivity contribution in [1.82, 2.24) is 10.3 Å². The molecule has 0 aliphatic rings. The van der Waals surface area contributed by atoms with Gasteiger partial charge in [-0.05, 0) is 35.4 Å². The molecular formula is C21H20FN3O3S. The van der Waals surface area contributed by atoms with Crippen LogP contribution in [-0.2, 0) is 28.2 Å². The second kappa shape index (κ2) is 8.83. The molecule has 2 aromatic carbocycles. The Hall–Kier alpha value is -3.26. The Morgan fingerprint density at radius 2 is 1.97 bits per heavy atom. The van der Waals surface area contributed by atoms with Gasteiger partial charge < -0.3 is 15.8 Å². The Balaban J connectivity index is 1.77. The van der Waals surface area contributed by atoms with Crippen LogP contribution >= 0.6 is 11.3 Å². The molecule has 0 radical (unpaired) electrons. The van der Waals surface area contributed by atoms with Crippen LogP contribution in [0.3, 0.4) is 0 Å². The first-order valence-electron chi connectivity index (χ1n) is 8.84. The molecule has 3 N–H and O–H groups in total. The molecule has 1 atom stereocenters. The first kappa shape index (κ1) is 20.5. The van der Waals surface area contributed by atoms with Crippen LogP contribution in [0.15, 0.2) is 60.1 Å². The van der Waals surface area contributed by atoms with E-state index in [0.29, 0.717) is 10.8 Å². The molecule has 150 valence electrons. The van der Waals surface area contributed by atoms with Crippen LogP contribution in [0.1, 0.15) is 23.1 Å². The van der Waals surface area contributed by atoms with Crippen molar-refractivity contribution in [3.8, 4) is 5.75 Å². The molecule has 6 nitrogen and oxygen atoms in total. The zero-order chi connectivity index (χ0) is 20.9. The standard InChI is InChI=1S/C21H20FN3O3S/c1-14(26)25-21(19(23)27,20-24-9-10-29-20)12-15-5-7-18(8-6-15)28-13-16-3-2-4-17(22)11-16/h2-11H,12-13H2,1H3,(H2,23,27)(H,25,26). The predicted octanol–water partition coefficient (Wildman–Crippen LogP) is 2.92. The maximum absolute atomic E-state index is 13.2. The maximum Gasteiger partial charge on any atom is 0.250 e. The molecule has 0 spiro atoms. The number of hydrogen-bond acceptors (Lipinski definition) is 5. The van der Waals surface area contributed by atoms with Crippen LogP contribution < -0.4 is 15.8 Å². The number of ether oxygens (including phenoxy) is 1. The van der Waals surface area contributed by atoms with E-state index < -0.39 is 11.4 Å². The van der Waals surface area contributed by atoms with Crippen LogP contribution in [-0.4, -0.2) is 16.8 Å². The molecule has 1 aromatic heterocycles. The minimum atomic E-state index is -1.43. The van der Waals surface area contributed by atoms with Gasteiger partial charge in [0.25, 0.3) is 5.91 Å². The van der Waals surface area contributed by atoms with Gasteiger partial charge in [0.05, 0.1) is 0 Å². The average molecular weight is 413 g/mol. The van der Waals surface area contributed by atoms with Crippen molar-refractivity contribution in [2.75, 3.05) is 0 Å². The minimum absolute atomic E-state index is 0.152. The molecule has 0 saturated carbocycles. The van der Waals surface area contributed by atoms with E-state index >= 15 is 0 Å². The van der Waals surface area contributed by atoms with E-state index in [1.54, 1.807) is 48.0 Å². The monoisotopic (exact) mass is 413 g/mol. The lowest BCUT2D eigenvalue weighted by molar-refractivity contribution is -0.131. The Labute approximate surface area is 171 Å². The molecule has 1 heterocycles. The maximum atomic E-state index is 13.2. The molecule has 0 fully saturated rings. The van der Waals surface area contributed by atoms with Crippen molar-refractivity contribution in [3.63, 3.8) is 0 Å². The molecule has 0 bridgehead atoms. The highest BCUT2D eigenvalue weighted by Gasteiger charge is 2.42. The fourth-order valence-corrected chi connectivity index (χ4v) is 3.76. The van der Waals surface area contributed by atoms with E-state index in [-0.39, 0.29) is 24.8 Å². The summed E-state index contributed by atoms with van der Waals surface area (Å²) in [6.45, 7) is 1.56. The molecule has 8 heteroatoms. The number of nitrogens with two attached hydrogens (primary N) is 1. The summed E-state index contributed by atoms with van der Waals surface area (Å²) < 4.78 is 18.9. The van der Waals surface area contributed by atoms with E-state index in [2.05, 4.69) is 10.3 Å². The summed E-state index contributed by atoms with van der Waals surface area (Å²) in [5.41, 5.74) is 5.73. The number of carbonyl (C=O) groups is 2. The molecular weight excluding hydrogens is 393 g/mol. The number of nitrogens with zero attached hydrogens (tertiary/aromatic N) is 1. The smallest absolute Gasteiger partial charge is 0.250 e. The Morgan fingerprint density at radius 1 is 1.21 bits per heavy atom. The summed E-state index contributed by atoms with van der Waals surface area (Å²) in [7, 11) is 0. The summed E-state index contributed by atoms with van der Waals surface area (Å²) in [4.78, 5) is 28.3. The van der Waals surface area contributed by atoms with Gasteiger partial charge in [-0.2, -0.15) is 0 Å². The summed E-state index contributed by atoms with van der Waals surface area (Å²) in [5, 5.41) is 4.82. The molecule has 3 aromatic rings. The van der Waals surface area contributed by atoms with Crippen LogP contribution in [0, 0.1) is 5.82 Å². The predicted molar refractivity (Wildman–Crippen MR) is 108 cm³/mol. The van der Waals surface area contributed by atoms with Gasteiger partial charge in [0, 0.05) is 24.9 Å². The fraction of sp³-hybridized carbons (Fsp3) is 0.190. The third kappa shape index (κ3) is 4.97. The first-order valence-corrected chi connectivity index (χ1v) is 9.72. The molecule has 0 aliphatic heterocycles. The fourth-order valence-electron chi connectivity index (χ4n) is 2.97. The number of carbonyl (C=O) groups excluding carboxylic acids is 2. The van der Waals surface area contributed by atoms with Gasteiger partial charge in [0.1, 0.15) is 23.2 Å². The first-order chi connectivity index (χ1) is 13.9. The molecule has 0 saturated heterocycles. The number of amides is 2. The highest BCUT2D eigenvalue weighted by molar-refractivity contribution is 7.09. The SMILES string of the molecule is CC(=O)NC(Cc1ccc(OCc2cccc(F)c2)cc1)(C(N)=O)c1nccs1. The number of benzene rings is 2. The number of halogens is 1. The quantitative estimate of drug-likeness (QED) is 0.594. The van der Waals surface area contributed by atoms with E-state index in [4.69, 9.17) is 10.5 Å². The van der Waals surface area contributed by atoms with Gasteiger partial charge in [-0.1, -0.05) is 24.3 Å². The summed E-state index contributed by atoms with van der Waals surface area (Å²) in [5.74, 6) is -0.788. The number of rotatable bonds is 8. The summed E-state index contributed by atoms with van der Waals surface area (Å²) >= 11 is 1.25. The van der Waals surface area contributed by atoms with Crippen LogP contribution in [0.25, 0.3) is 0 Å². The van der Waals surface area contributed by atoms with E-state index in [0.717, 1.165) is 11.1 Å². The number of primary amides is 1. The second-order valence-electron chi connectivity index (χ2n) is 6.53. The van der Waals surface area contributed by atoms with E-state index in [1.807, 2.05) is 0 Å². The van der Waals surface area contributed by atoms with Crippen molar-refractivity contribution in [2.45, 2.75) is 25.5 Å². The molecule has 3 rings (SSSR count). The van der Waals surface area contributed by atoms with Crippen LogP contribution in [0.2, 0.25) is 0 Å². The molecule has 2 amide bonds. The highest BCUT2D eigenvalue weighted by atomic mass is 32.1. The summed E-state index contributed by atoms with van der Waals surface area (Å²) in [6.07, 6.45) is 1.71. The molecule has 0 aliphatic carbocycles. The normalized spacial score (nSPS) is 12.8. The van der Waals surface area contributed by atoms with Gasteiger partial charge in [-0.15, -0.1) is 11.3 Å². The van der Waals surface area contributed by atoms with Crippen molar-refractivity contribution in [3.05, 3.63) is 82.1 Å². The summed E-state index contributed by atoms with van der Waals surface area (Å²) in [6, 6.07) is 13.3. The van der Waals surface area contributed by atoms with E-state index in [1.165, 1.54) is 30.4 Å². The van der Waals surface area contributed by atoms with Gasteiger partial charge in [-0.3, -0.25) is 9.59 Å². The van der Waals surface area contributed by atoms with Gasteiger partial charge in [-0.25, -0.2) is 9.37 Å². The number of aromatic nitrogens is 1. The minimum Gasteiger partial charge on any atom is -0.489 e. The number of hydrogen-bond donors (Lipinski definition) is 2. The molecule has 1 unspecified atom stereocenters.